The Morgan fingerprint density at radius 1 is 0.367 bits per heavy atom. The Morgan fingerprint density at radius 2 is 0.656 bits per heavy atom. The molecule has 0 amide bonds. The highest BCUT2D eigenvalue weighted by Crippen LogP contribution is 2.45. The minimum Gasteiger partial charge on any atom is -0.462 e. The van der Waals surface area contributed by atoms with Crippen molar-refractivity contribution in [2.75, 3.05) is 39.6 Å². The number of hydrogen-bond donors (Lipinski definition) is 3. The molecule has 0 rings (SSSR count). The second kappa shape index (κ2) is 61.4. The number of aliphatic hydroxyl groups is 1. The van der Waals surface area contributed by atoms with Gasteiger partial charge in [0.2, 0.25) is 0 Å². The number of unbranched alkanes of at least 4 members (excludes halogenated alkanes) is 31. The van der Waals surface area contributed by atoms with Gasteiger partial charge in [-0.3, -0.25) is 37.3 Å². The fourth-order valence-corrected chi connectivity index (χ4v) is 11.7. The molecule has 0 aromatic heterocycles. The van der Waals surface area contributed by atoms with Crippen LogP contribution in [0, 0.1) is 17.8 Å². The van der Waals surface area contributed by atoms with Gasteiger partial charge in [0.1, 0.15) is 19.3 Å². The van der Waals surface area contributed by atoms with E-state index in [2.05, 4.69) is 72.8 Å². The predicted molar refractivity (Wildman–Crippen MR) is 363 cm³/mol. The van der Waals surface area contributed by atoms with Crippen LogP contribution in [0.15, 0.2) is 24.3 Å². The molecular weight excluding hydrogens is 1190 g/mol. The van der Waals surface area contributed by atoms with E-state index in [9.17, 15) is 43.2 Å². The normalized spacial score (nSPS) is 14.7. The van der Waals surface area contributed by atoms with Crippen molar-refractivity contribution in [2.45, 2.75) is 349 Å². The van der Waals surface area contributed by atoms with E-state index in [1.807, 2.05) is 0 Å². The highest BCUT2D eigenvalue weighted by molar-refractivity contribution is 7.47. The average Bonchev–Trinajstić information content (AvgIpc) is 3.04. The molecule has 0 bridgehead atoms. The number of hydrogen-bond acceptors (Lipinski definition) is 15. The van der Waals surface area contributed by atoms with E-state index in [0.29, 0.717) is 31.6 Å². The third-order valence-electron chi connectivity index (χ3n) is 16.1. The van der Waals surface area contributed by atoms with Gasteiger partial charge >= 0.3 is 39.5 Å². The zero-order valence-electron chi connectivity index (χ0n) is 58.1. The van der Waals surface area contributed by atoms with Gasteiger partial charge in [0.25, 0.3) is 0 Å². The lowest BCUT2D eigenvalue weighted by atomic mass is 9.99. The number of esters is 4. The molecule has 0 aromatic rings. The summed E-state index contributed by atoms with van der Waals surface area (Å²) < 4.78 is 68.2. The third kappa shape index (κ3) is 63.0. The van der Waals surface area contributed by atoms with Crippen LogP contribution in [-0.4, -0.2) is 96.7 Å². The molecule has 90 heavy (non-hydrogen) atoms. The Morgan fingerprint density at radius 3 is 0.989 bits per heavy atom. The predicted octanol–water partition coefficient (Wildman–Crippen LogP) is 19.8. The lowest BCUT2D eigenvalue weighted by Gasteiger charge is -2.21. The van der Waals surface area contributed by atoms with Gasteiger partial charge in [-0.05, 0) is 69.1 Å². The van der Waals surface area contributed by atoms with Crippen LogP contribution in [0.2, 0.25) is 0 Å². The molecule has 0 saturated carbocycles. The SMILES string of the molecule is CCCCCC/C=C\C=C/CCCCCCCC(=O)O[C@H](COC(=O)CCCCCCCCC(C)C)COP(=O)(O)OC[C@H](O)COP(=O)(O)OC[C@@H](COC(=O)CCCCCCCCCCCCC(C)CC)OC(=O)CCCCCCCCCCCC(C)C. The summed E-state index contributed by atoms with van der Waals surface area (Å²) in [5.41, 5.74) is 0. The number of rotatable bonds is 67. The second-order valence-electron chi connectivity index (χ2n) is 26.1. The van der Waals surface area contributed by atoms with Gasteiger partial charge in [0.15, 0.2) is 12.2 Å². The van der Waals surface area contributed by atoms with Crippen molar-refractivity contribution >= 4 is 39.5 Å². The zero-order valence-corrected chi connectivity index (χ0v) is 59.9. The zero-order chi connectivity index (χ0) is 66.6. The van der Waals surface area contributed by atoms with Crippen LogP contribution in [0.3, 0.4) is 0 Å². The van der Waals surface area contributed by atoms with E-state index in [1.54, 1.807) is 0 Å². The average molecular weight is 1320 g/mol. The highest BCUT2D eigenvalue weighted by Gasteiger charge is 2.30. The Hall–Kier alpha value is -2.46. The fourth-order valence-electron chi connectivity index (χ4n) is 10.1. The van der Waals surface area contributed by atoms with Gasteiger partial charge in [-0.25, -0.2) is 9.13 Å². The maximum Gasteiger partial charge on any atom is 0.472 e. The fraction of sp³-hybridized carbons (Fsp3) is 0.887. The van der Waals surface area contributed by atoms with Crippen molar-refractivity contribution in [2.24, 2.45) is 17.8 Å². The van der Waals surface area contributed by atoms with Gasteiger partial charge in [-0.2, -0.15) is 0 Å². The molecule has 17 nitrogen and oxygen atoms in total. The molecule has 6 atom stereocenters. The summed E-state index contributed by atoms with van der Waals surface area (Å²) >= 11 is 0. The lowest BCUT2D eigenvalue weighted by Crippen LogP contribution is -2.30. The standard InChI is InChI=1S/C71H134O17P2/c1-8-10-11-12-13-14-15-16-17-18-19-26-31-40-47-54-70(75)88-67(59-82-69(74)53-46-39-34-33-36-43-50-63(5)6)61-86-90(79,80)84-57-65(72)56-83-89(77,78)85-60-66(87-71(76)55-48-41-32-27-22-23-28-35-42-49-62(3)4)58-81-68(73)52-45-38-30-25-21-20-24-29-37-44-51-64(7)9-2/h14-17,62-67,72H,8-13,18-61H2,1-7H3,(H,77,78)(H,79,80)/b15-14-,17-16-/t64?,65-,66-,67-/m1/s1. The van der Waals surface area contributed by atoms with Crippen LogP contribution in [0.4, 0.5) is 0 Å². The third-order valence-corrected chi connectivity index (χ3v) is 18.0. The van der Waals surface area contributed by atoms with Gasteiger partial charge in [-0.15, -0.1) is 0 Å². The van der Waals surface area contributed by atoms with E-state index in [-0.39, 0.29) is 25.7 Å². The first-order chi connectivity index (χ1) is 43.3. The van der Waals surface area contributed by atoms with Crippen molar-refractivity contribution in [3.8, 4) is 0 Å². The van der Waals surface area contributed by atoms with Crippen molar-refractivity contribution in [1.82, 2.24) is 0 Å². The number of phosphoric acid groups is 2. The molecule has 0 aliphatic carbocycles. The molecule has 530 valence electrons. The van der Waals surface area contributed by atoms with E-state index in [4.69, 9.17) is 37.0 Å². The molecule has 0 spiro atoms. The summed E-state index contributed by atoms with van der Waals surface area (Å²) in [6.45, 7) is 11.7. The van der Waals surface area contributed by atoms with Crippen LogP contribution >= 0.6 is 15.6 Å². The molecule has 0 fully saturated rings. The van der Waals surface area contributed by atoms with Crippen LogP contribution in [-0.2, 0) is 65.4 Å². The van der Waals surface area contributed by atoms with E-state index >= 15 is 0 Å². The molecule has 3 unspecified atom stereocenters. The van der Waals surface area contributed by atoms with Crippen molar-refractivity contribution in [3.63, 3.8) is 0 Å². The quantitative estimate of drug-likeness (QED) is 0.0169. The largest absolute Gasteiger partial charge is 0.472 e. The summed E-state index contributed by atoms with van der Waals surface area (Å²) in [7, 11) is -9.92. The molecule has 0 heterocycles. The van der Waals surface area contributed by atoms with Crippen molar-refractivity contribution < 1.29 is 80.2 Å². The van der Waals surface area contributed by atoms with E-state index < -0.39 is 97.5 Å². The maximum atomic E-state index is 13.0. The molecule has 3 N–H and O–H groups in total. The first-order valence-electron chi connectivity index (χ1n) is 36.2. The molecule has 0 aliphatic rings. The van der Waals surface area contributed by atoms with E-state index in [1.165, 1.54) is 122 Å². The maximum absolute atomic E-state index is 13.0. The summed E-state index contributed by atoms with van der Waals surface area (Å²) in [5.74, 6) is 0.0604. The molecule has 0 aliphatic heterocycles. The summed E-state index contributed by atoms with van der Waals surface area (Å²) in [6, 6.07) is 0. The van der Waals surface area contributed by atoms with Crippen LogP contribution in [0.1, 0.15) is 331 Å². The number of phosphoric ester groups is 2. The number of carbonyl (C=O) groups excluding carboxylic acids is 4. The first kappa shape index (κ1) is 87.5. The monoisotopic (exact) mass is 1320 g/mol. The smallest absolute Gasteiger partial charge is 0.462 e. The van der Waals surface area contributed by atoms with Crippen LogP contribution < -0.4 is 0 Å². The van der Waals surface area contributed by atoms with Crippen molar-refractivity contribution in [3.05, 3.63) is 24.3 Å². The van der Waals surface area contributed by atoms with Crippen LogP contribution in [0.5, 0.6) is 0 Å². The molecular formula is C71H134O17P2. The number of aliphatic hydroxyl groups excluding tert-OH is 1. The Balaban J connectivity index is 5.28. The van der Waals surface area contributed by atoms with E-state index in [0.717, 1.165) is 121 Å². The molecule has 0 saturated heterocycles. The molecule has 0 aromatic carbocycles. The van der Waals surface area contributed by atoms with Crippen LogP contribution in [0.25, 0.3) is 0 Å². The lowest BCUT2D eigenvalue weighted by molar-refractivity contribution is -0.161. The Kier molecular flexibility index (Phi) is 59.7. The number of allylic oxidation sites excluding steroid dienone is 4. The minimum absolute atomic E-state index is 0.0835. The van der Waals surface area contributed by atoms with Gasteiger partial charge in [0.05, 0.1) is 26.4 Å². The molecule has 0 radical (unpaired) electrons. The Bertz CT molecular complexity index is 1860. The number of ether oxygens (including phenoxy) is 4. The first-order valence-corrected chi connectivity index (χ1v) is 39.2. The van der Waals surface area contributed by atoms with Gasteiger partial charge in [-0.1, -0.05) is 278 Å². The Labute approximate surface area is 548 Å². The summed E-state index contributed by atoms with van der Waals surface area (Å²) in [4.78, 5) is 72.5. The highest BCUT2D eigenvalue weighted by atomic mass is 31.2. The second-order valence-corrected chi connectivity index (χ2v) is 29.0. The topological polar surface area (TPSA) is 237 Å². The van der Waals surface area contributed by atoms with Gasteiger partial charge < -0.3 is 33.8 Å². The summed E-state index contributed by atoms with van der Waals surface area (Å²) in [6.07, 6.45) is 48.1. The van der Waals surface area contributed by atoms with Gasteiger partial charge in [0, 0.05) is 25.7 Å². The molecule has 19 heteroatoms. The van der Waals surface area contributed by atoms with Crippen molar-refractivity contribution in [1.29, 1.82) is 0 Å². The summed E-state index contributed by atoms with van der Waals surface area (Å²) in [5, 5.41) is 10.6. The number of carbonyl (C=O) groups is 4. The minimum atomic E-state index is -4.96.